The fourth-order valence-electron chi connectivity index (χ4n) is 3.00. The molecule has 2 atom stereocenters. The molecule has 0 rings (SSSR count). The van der Waals surface area contributed by atoms with Crippen molar-refractivity contribution in [2.24, 2.45) is 0 Å². The summed E-state index contributed by atoms with van der Waals surface area (Å²) >= 11 is 0. The van der Waals surface area contributed by atoms with Gasteiger partial charge in [-0.15, -0.1) is 0 Å². The number of aliphatic hydroxyl groups is 2. The molecule has 3 N–H and O–H groups in total. The summed E-state index contributed by atoms with van der Waals surface area (Å²) in [4.78, 5) is 10.3. The van der Waals surface area contributed by atoms with Crippen LogP contribution in [0.1, 0.15) is 124 Å². The fourth-order valence-corrected chi connectivity index (χ4v) is 3.00. The first kappa shape index (κ1) is 30.5. The molecular formula is C24H50O5. The molecule has 0 aliphatic carbocycles. The lowest BCUT2D eigenvalue weighted by Crippen LogP contribution is -2.19. The predicted molar refractivity (Wildman–Crippen MR) is 121 cm³/mol. The number of aliphatic hydroxyl groups excluding tert-OH is 2. The Morgan fingerprint density at radius 2 is 1.14 bits per heavy atom. The summed E-state index contributed by atoms with van der Waals surface area (Å²) in [6.45, 7) is 5.97. The van der Waals surface area contributed by atoms with Crippen LogP contribution < -0.4 is 0 Å². The molecule has 5 nitrogen and oxygen atoms in total. The lowest BCUT2D eigenvalue weighted by Gasteiger charge is -2.10. The smallest absolute Gasteiger partial charge is 0.303 e. The molecule has 0 aromatic carbocycles. The molecule has 29 heavy (non-hydrogen) atoms. The maximum absolute atomic E-state index is 10.3. The van der Waals surface area contributed by atoms with Gasteiger partial charge < -0.3 is 20.1 Å². The third-order valence-corrected chi connectivity index (χ3v) is 4.87. The van der Waals surface area contributed by atoms with Gasteiger partial charge in [0.05, 0.1) is 25.4 Å². The van der Waals surface area contributed by atoms with Gasteiger partial charge in [0.25, 0.3) is 0 Å². The third kappa shape index (κ3) is 32.2. The molecule has 0 aliphatic heterocycles. The second kappa shape index (κ2) is 25.4. The molecule has 0 fully saturated rings. The molecule has 0 heterocycles. The molecule has 0 aliphatic rings. The van der Waals surface area contributed by atoms with E-state index in [9.17, 15) is 4.79 Å². The molecule has 5 heteroatoms. The van der Waals surface area contributed by atoms with Crippen LogP contribution in [0.5, 0.6) is 0 Å². The van der Waals surface area contributed by atoms with Crippen molar-refractivity contribution in [2.75, 3.05) is 13.2 Å². The van der Waals surface area contributed by atoms with Gasteiger partial charge in [0, 0.05) is 6.42 Å². The molecule has 0 bridgehead atoms. The summed E-state index contributed by atoms with van der Waals surface area (Å²) in [6.07, 6.45) is 19.6. The van der Waals surface area contributed by atoms with Crippen molar-refractivity contribution >= 4 is 5.97 Å². The van der Waals surface area contributed by atoms with Crippen LogP contribution in [0.2, 0.25) is 0 Å². The van der Waals surface area contributed by atoms with Crippen molar-refractivity contribution < 1.29 is 24.9 Å². The minimum atomic E-state index is -0.653. The normalized spacial score (nSPS) is 12.9. The van der Waals surface area contributed by atoms with E-state index in [1.54, 1.807) is 13.8 Å². The van der Waals surface area contributed by atoms with Gasteiger partial charge in [-0.3, -0.25) is 4.79 Å². The number of carboxylic acid groups (broad SMARTS) is 1. The minimum absolute atomic E-state index is 0.00667. The number of hydrogen-bond donors (Lipinski definition) is 3. The number of unbranched alkanes of at least 4 members (excludes halogenated alkanes) is 14. The van der Waals surface area contributed by atoms with Crippen LogP contribution in [0, 0.1) is 0 Å². The summed E-state index contributed by atoms with van der Waals surface area (Å²) in [7, 11) is 0. The summed E-state index contributed by atoms with van der Waals surface area (Å²) < 4.78 is 4.95. The fraction of sp³-hybridized carbons (Fsp3) is 0.958. The summed E-state index contributed by atoms with van der Waals surface area (Å²) in [5.41, 5.74) is 0. The van der Waals surface area contributed by atoms with Crippen LogP contribution in [-0.4, -0.2) is 46.7 Å². The van der Waals surface area contributed by atoms with E-state index in [0.29, 0.717) is 13.0 Å². The first-order valence-electron chi connectivity index (χ1n) is 12.1. The molecule has 0 aromatic rings. The third-order valence-electron chi connectivity index (χ3n) is 4.87. The van der Waals surface area contributed by atoms with Gasteiger partial charge in [0.2, 0.25) is 0 Å². The van der Waals surface area contributed by atoms with Gasteiger partial charge in [-0.1, -0.05) is 96.8 Å². The summed E-state index contributed by atoms with van der Waals surface area (Å²) in [5.74, 6) is -0.653. The molecule has 176 valence electrons. The number of carboxylic acids is 1. The highest BCUT2D eigenvalue weighted by Gasteiger charge is 2.01. The standard InChI is InChI=1S/C18H36O2.C6H14O3/c1-2-3-4-5-6-7-8-9-10-11-12-13-14-15-16-17-18(19)20;1-5(8)4-9-6(2)3-7/h2-17H2,1H3,(H,19,20);5-8H,3-4H2,1-2H3. The zero-order valence-corrected chi connectivity index (χ0v) is 19.5. The lowest BCUT2D eigenvalue weighted by molar-refractivity contribution is -0.137. The van der Waals surface area contributed by atoms with Crippen LogP contribution in [-0.2, 0) is 9.53 Å². The highest BCUT2D eigenvalue weighted by Crippen LogP contribution is 2.13. The molecule has 0 spiro atoms. The lowest BCUT2D eigenvalue weighted by atomic mass is 10.0. The van der Waals surface area contributed by atoms with Gasteiger partial charge in [-0.25, -0.2) is 0 Å². The van der Waals surface area contributed by atoms with E-state index in [1.807, 2.05) is 0 Å². The Balaban J connectivity index is 0. The number of carbonyl (C=O) groups is 1. The number of ether oxygens (including phenoxy) is 1. The molecule has 0 amide bonds. The maximum atomic E-state index is 10.3. The van der Waals surface area contributed by atoms with Crippen molar-refractivity contribution in [1.82, 2.24) is 0 Å². The number of hydrogen-bond acceptors (Lipinski definition) is 4. The highest BCUT2D eigenvalue weighted by molar-refractivity contribution is 5.66. The van der Waals surface area contributed by atoms with E-state index in [2.05, 4.69) is 6.92 Å². The van der Waals surface area contributed by atoms with Crippen LogP contribution in [0.25, 0.3) is 0 Å². The Hall–Kier alpha value is -0.650. The van der Waals surface area contributed by atoms with Crippen LogP contribution in [0.15, 0.2) is 0 Å². The molecule has 0 radical (unpaired) electrons. The highest BCUT2D eigenvalue weighted by atomic mass is 16.5. The Morgan fingerprint density at radius 1 is 0.759 bits per heavy atom. The summed E-state index contributed by atoms with van der Waals surface area (Å²) in [6, 6.07) is 0. The van der Waals surface area contributed by atoms with Gasteiger partial charge in [-0.2, -0.15) is 0 Å². The first-order chi connectivity index (χ1) is 13.9. The van der Waals surface area contributed by atoms with E-state index in [-0.39, 0.29) is 12.7 Å². The van der Waals surface area contributed by atoms with Gasteiger partial charge in [0.1, 0.15) is 0 Å². The molecule has 2 unspecified atom stereocenters. The van der Waals surface area contributed by atoms with E-state index >= 15 is 0 Å². The average molecular weight is 419 g/mol. The topological polar surface area (TPSA) is 87.0 Å². The Bertz CT molecular complexity index is 320. The Morgan fingerprint density at radius 3 is 1.45 bits per heavy atom. The number of aliphatic carboxylic acids is 1. The number of rotatable bonds is 20. The monoisotopic (exact) mass is 418 g/mol. The van der Waals surface area contributed by atoms with E-state index in [4.69, 9.17) is 20.1 Å². The Labute approximate surface area is 180 Å². The largest absolute Gasteiger partial charge is 0.481 e. The zero-order valence-electron chi connectivity index (χ0n) is 19.5. The SMILES string of the molecule is CC(O)COC(C)CO.CCCCCCCCCCCCCCCCCC(=O)O. The maximum Gasteiger partial charge on any atom is 0.303 e. The van der Waals surface area contributed by atoms with E-state index in [1.165, 1.54) is 83.5 Å². The van der Waals surface area contributed by atoms with E-state index in [0.717, 1.165) is 12.8 Å². The van der Waals surface area contributed by atoms with E-state index < -0.39 is 12.1 Å². The van der Waals surface area contributed by atoms with Gasteiger partial charge >= 0.3 is 5.97 Å². The van der Waals surface area contributed by atoms with Gasteiger partial charge in [0.15, 0.2) is 0 Å². The average Bonchev–Trinajstić information content (AvgIpc) is 2.69. The predicted octanol–water partition coefficient (Wildman–Crippen LogP) is 6.10. The second-order valence-corrected chi connectivity index (χ2v) is 8.27. The first-order valence-corrected chi connectivity index (χ1v) is 12.1. The molecule has 0 saturated heterocycles. The molecule has 0 saturated carbocycles. The molecular weight excluding hydrogens is 368 g/mol. The van der Waals surface area contributed by atoms with Crippen molar-refractivity contribution in [3.05, 3.63) is 0 Å². The van der Waals surface area contributed by atoms with Crippen LogP contribution in [0.3, 0.4) is 0 Å². The molecule has 0 aromatic heterocycles. The van der Waals surface area contributed by atoms with Crippen molar-refractivity contribution in [2.45, 2.75) is 136 Å². The second-order valence-electron chi connectivity index (χ2n) is 8.27. The van der Waals surface area contributed by atoms with Crippen LogP contribution >= 0.6 is 0 Å². The van der Waals surface area contributed by atoms with Crippen LogP contribution in [0.4, 0.5) is 0 Å². The zero-order chi connectivity index (χ0) is 22.2. The van der Waals surface area contributed by atoms with Gasteiger partial charge in [-0.05, 0) is 20.3 Å². The Kier molecular flexibility index (Phi) is 26.7. The van der Waals surface area contributed by atoms with Crippen molar-refractivity contribution in [3.63, 3.8) is 0 Å². The quantitative estimate of drug-likeness (QED) is 0.208. The van der Waals surface area contributed by atoms with Crippen molar-refractivity contribution in [3.8, 4) is 0 Å². The summed E-state index contributed by atoms with van der Waals surface area (Å²) in [5, 5.41) is 25.6. The van der Waals surface area contributed by atoms with Crippen molar-refractivity contribution in [1.29, 1.82) is 0 Å². The minimum Gasteiger partial charge on any atom is -0.481 e.